The number of nitrogens with two attached hydrogens (primary N) is 1. The Balaban J connectivity index is 2.44. The Hall–Kier alpha value is -0.610. The Labute approximate surface area is 123 Å². The molecule has 0 spiro atoms. The van der Waals surface area contributed by atoms with E-state index >= 15 is 0 Å². The molecule has 4 heteroatoms. The van der Waals surface area contributed by atoms with Gasteiger partial charge in [0.15, 0.2) is 0 Å². The van der Waals surface area contributed by atoms with E-state index < -0.39 is 5.41 Å². The fourth-order valence-corrected chi connectivity index (χ4v) is 2.74. The van der Waals surface area contributed by atoms with Gasteiger partial charge in [-0.05, 0) is 24.7 Å². The van der Waals surface area contributed by atoms with E-state index in [2.05, 4.69) is 26.1 Å². The molecule has 0 bridgehead atoms. The molecule has 1 amide bonds. The second-order valence-electron chi connectivity index (χ2n) is 6.90. The van der Waals surface area contributed by atoms with E-state index in [1.165, 1.54) is 19.3 Å². The van der Waals surface area contributed by atoms with Crippen molar-refractivity contribution in [3.8, 4) is 0 Å². The number of ether oxygens (including phenoxy) is 1. The Morgan fingerprint density at radius 1 is 1.30 bits per heavy atom. The molecule has 0 saturated carbocycles. The van der Waals surface area contributed by atoms with Crippen LogP contribution in [0.2, 0.25) is 0 Å². The van der Waals surface area contributed by atoms with Gasteiger partial charge in [-0.25, -0.2) is 0 Å². The molecule has 0 atom stereocenters. The average Bonchev–Trinajstić information content (AvgIpc) is 2.45. The van der Waals surface area contributed by atoms with Crippen molar-refractivity contribution in [2.24, 2.45) is 16.6 Å². The minimum Gasteiger partial charge on any atom is -0.381 e. The molecule has 0 aromatic rings. The lowest BCUT2D eigenvalue weighted by Gasteiger charge is -2.36. The molecule has 20 heavy (non-hydrogen) atoms. The minimum absolute atomic E-state index is 0.117. The number of carbonyl (C=O) groups excluding carboxylic acids is 1. The van der Waals surface area contributed by atoms with Crippen LogP contribution in [0.1, 0.15) is 59.3 Å². The van der Waals surface area contributed by atoms with Gasteiger partial charge in [-0.15, -0.1) is 0 Å². The lowest BCUT2D eigenvalue weighted by atomic mass is 9.78. The van der Waals surface area contributed by atoms with E-state index in [4.69, 9.17) is 10.5 Å². The third-order valence-corrected chi connectivity index (χ3v) is 4.51. The van der Waals surface area contributed by atoms with Crippen LogP contribution >= 0.6 is 0 Å². The molecule has 1 aliphatic rings. The molecule has 0 radical (unpaired) electrons. The second-order valence-corrected chi connectivity index (χ2v) is 6.90. The van der Waals surface area contributed by atoms with Crippen molar-refractivity contribution in [1.82, 2.24) is 5.32 Å². The molecule has 1 aliphatic heterocycles. The third-order valence-electron chi connectivity index (χ3n) is 4.51. The maximum Gasteiger partial charge on any atom is 0.227 e. The van der Waals surface area contributed by atoms with Crippen LogP contribution in [0.4, 0.5) is 0 Å². The number of rotatable bonds is 8. The van der Waals surface area contributed by atoms with Gasteiger partial charge in [0.25, 0.3) is 0 Å². The summed E-state index contributed by atoms with van der Waals surface area (Å²) in [6, 6.07) is 0. The summed E-state index contributed by atoms with van der Waals surface area (Å²) in [6.07, 6.45) is 6.37. The lowest BCUT2D eigenvalue weighted by Crippen LogP contribution is -2.50. The Morgan fingerprint density at radius 3 is 2.50 bits per heavy atom. The van der Waals surface area contributed by atoms with Crippen LogP contribution in [0.25, 0.3) is 0 Å². The molecule has 0 aromatic heterocycles. The first-order chi connectivity index (χ1) is 9.46. The van der Waals surface area contributed by atoms with Crippen LogP contribution < -0.4 is 11.1 Å². The van der Waals surface area contributed by atoms with Gasteiger partial charge in [0, 0.05) is 26.3 Å². The van der Waals surface area contributed by atoms with Crippen LogP contribution in [0.3, 0.4) is 0 Å². The van der Waals surface area contributed by atoms with Crippen molar-refractivity contribution in [2.75, 3.05) is 26.3 Å². The molecular formula is C16H32N2O2. The maximum atomic E-state index is 12.5. The number of unbranched alkanes of at least 4 members (excludes halogenated alkanes) is 2. The predicted octanol–water partition coefficient (Wildman–Crippen LogP) is 2.46. The van der Waals surface area contributed by atoms with E-state index in [9.17, 15) is 4.79 Å². The van der Waals surface area contributed by atoms with Crippen LogP contribution in [-0.4, -0.2) is 32.2 Å². The third kappa shape index (κ3) is 5.06. The number of hydrogen-bond acceptors (Lipinski definition) is 3. The standard InChI is InChI=1S/C16H32N2O2/c1-4-5-6-7-15(2,3)13-18-14(19)16(12-17)8-10-20-11-9-16/h4-13,17H2,1-3H3,(H,18,19). The molecule has 1 saturated heterocycles. The SMILES string of the molecule is CCCCCC(C)(C)CNC(=O)C1(CN)CCOCC1. The smallest absolute Gasteiger partial charge is 0.227 e. The molecule has 3 N–H and O–H groups in total. The summed E-state index contributed by atoms with van der Waals surface area (Å²) < 4.78 is 5.35. The molecule has 0 aliphatic carbocycles. The van der Waals surface area contributed by atoms with Gasteiger partial charge in [-0.1, -0.05) is 40.0 Å². The molecule has 1 rings (SSSR count). The van der Waals surface area contributed by atoms with Crippen LogP contribution in [-0.2, 0) is 9.53 Å². The molecule has 0 aromatic carbocycles. The monoisotopic (exact) mass is 284 g/mol. The molecule has 4 nitrogen and oxygen atoms in total. The van der Waals surface area contributed by atoms with E-state index in [1.54, 1.807) is 0 Å². The Morgan fingerprint density at radius 2 is 1.95 bits per heavy atom. The largest absolute Gasteiger partial charge is 0.381 e. The van der Waals surface area contributed by atoms with Crippen molar-refractivity contribution in [3.05, 3.63) is 0 Å². The summed E-state index contributed by atoms with van der Waals surface area (Å²) in [7, 11) is 0. The molecular weight excluding hydrogens is 252 g/mol. The van der Waals surface area contributed by atoms with E-state index in [1.807, 2.05) is 0 Å². The topological polar surface area (TPSA) is 64.4 Å². The summed E-state index contributed by atoms with van der Waals surface area (Å²) in [5.41, 5.74) is 5.61. The molecule has 1 heterocycles. The second kappa shape index (κ2) is 7.99. The van der Waals surface area contributed by atoms with E-state index in [0.717, 1.165) is 25.8 Å². The predicted molar refractivity (Wildman–Crippen MR) is 82.5 cm³/mol. The zero-order valence-corrected chi connectivity index (χ0v) is 13.5. The van der Waals surface area contributed by atoms with Gasteiger partial charge in [0.05, 0.1) is 5.41 Å². The lowest BCUT2D eigenvalue weighted by molar-refractivity contribution is -0.136. The fraction of sp³-hybridized carbons (Fsp3) is 0.938. The van der Waals surface area contributed by atoms with Crippen LogP contribution in [0, 0.1) is 10.8 Å². The summed E-state index contributed by atoms with van der Waals surface area (Å²) in [6.45, 7) is 9.10. The molecule has 118 valence electrons. The Kier molecular flexibility index (Phi) is 6.96. The summed E-state index contributed by atoms with van der Waals surface area (Å²) in [4.78, 5) is 12.5. The highest BCUT2D eigenvalue weighted by Gasteiger charge is 2.39. The first-order valence-electron chi connectivity index (χ1n) is 8.02. The van der Waals surface area contributed by atoms with Crippen molar-refractivity contribution in [2.45, 2.75) is 59.3 Å². The zero-order chi connectivity index (χ0) is 15.1. The average molecular weight is 284 g/mol. The number of amides is 1. The number of hydrogen-bond donors (Lipinski definition) is 2. The number of nitrogens with one attached hydrogen (secondary N) is 1. The van der Waals surface area contributed by atoms with Gasteiger partial charge in [-0.3, -0.25) is 4.79 Å². The first kappa shape index (κ1) is 17.4. The zero-order valence-electron chi connectivity index (χ0n) is 13.5. The maximum absolute atomic E-state index is 12.5. The summed E-state index contributed by atoms with van der Waals surface area (Å²) in [5.74, 6) is 0.117. The van der Waals surface area contributed by atoms with E-state index in [-0.39, 0.29) is 11.3 Å². The normalized spacial score (nSPS) is 18.8. The highest BCUT2D eigenvalue weighted by Crippen LogP contribution is 2.30. The number of carbonyl (C=O) groups is 1. The fourth-order valence-electron chi connectivity index (χ4n) is 2.74. The van der Waals surface area contributed by atoms with Gasteiger partial charge in [0.1, 0.15) is 0 Å². The highest BCUT2D eigenvalue weighted by atomic mass is 16.5. The van der Waals surface area contributed by atoms with Crippen molar-refractivity contribution in [3.63, 3.8) is 0 Å². The first-order valence-corrected chi connectivity index (χ1v) is 8.02. The quantitative estimate of drug-likeness (QED) is 0.673. The van der Waals surface area contributed by atoms with Crippen molar-refractivity contribution in [1.29, 1.82) is 0 Å². The van der Waals surface area contributed by atoms with Crippen LogP contribution in [0.5, 0.6) is 0 Å². The Bertz CT molecular complexity index is 297. The van der Waals surface area contributed by atoms with Gasteiger partial charge in [-0.2, -0.15) is 0 Å². The van der Waals surface area contributed by atoms with Crippen LogP contribution in [0.15, 0.2) is 0 Å². The van der Waals surface area contributed by atoms with Gasteiger partial charge >= 0.3 is 0 Å². The van der Waals surface area contributed by atoms with Crippen molar-refractivity contribution < 1.29 is 9.53 Å². The van der Waals surface area contributed by atoms with Gasteiger partial charge in [0.2, 0.25) is 5.91 Å². The van der Waals surface area contributed by atoms with E-state index in [0.29, 0.717) is 19.8 Å². The summed E-state index contributed by atoms with van der Waals surface area (Å²) in [5, 5.41) is 3.14. The minimum atomic E-state index is -0.405. The molecule has 0 unspecified atom stereocenters. The summed E-state index contributed by atoms with van der Waals surface area (Å²) >= 11 is 0. The molecule has 1 fully saturated rings. The highest BCUT2D eigenvalue weighted by molar-refractivity contribution is 5.83. The van der Waals surface area contributed by atoms with Gasteiger partial charge < -0.3 is 15.8 Å². The van der Waals surface area contributed by atoms with Crippen molar-refractivity contribution >= 4 is 5.91 Å².